The molecule has 7 heteroatoms. The molecule has 0 fully saturated rings. The Morgan fingerprint density at radius 1 is 1.28 bits per heavy atom. The SMILES string of the molecule is O=C(Nc1ccc(C(F)(F)F)cc1)OCCCCl. The van der Waals surface area contributed by atoms with Crippen molar-refractivity contribution in [1.29, 1.82) is 0 Å². The average molecular weight is 282 g/mol. The molecule has 0 aromatic heterocycles. The van der Waals surface area contributed by atoms with Crippen molar-refractivity contribution in [1.82, 2.24) is 0 Å². The van der Waals surface area contributed by atoms with Crippen LogP contribution in [0.15, 0.2) is 24.3 Å². The fourth-order valence-electron chi connectivity index (χ4n) is 1.12. The minimum atomic E-state index is -4.39. The van der Waals surface area contributed by atoms with Crippen molar-refractivity contribution in [3.63, 3.8) is 0 Å². The Bertz CT molecular complexity index is 392. The predicted molar refractivity (Wildman–Crippen MR) is 61.8 cm³/mol. The normalized spacial score (nSPS) is 11.1. The highest BCUT2D eigenvalue weighted by atomic mass is 35.5. The molecule has 0 saturated carbocycles. The molecule has 100 valence electrons. The van der Waals surface area contributed by atoms with Gasteiger partial charge < -0.3 is 4.74 Å². The van der Waals surface area contributed by atoms with E-state index in [0.717, 1.165) is 24.3 Å². The second kappa shape index (κ2) is 6.49. The molecule has 0 unspecified atom stereocenters. The molecule has 1 rings (SSSR count). The van der Waals surface area contributed by atoms with Crippen molar-refractivity contribution in [3.05, 3.63) is 29.8 Å². The molecular weight excluding hydrogens is 271 g/mol. The molecule has 3 nitrogen and oxygen atoms in total. The molecule has 0 spiro atoms. The first-order valence-electron chi connectivity index (χ1n) is 5.10. The van der Waals surface area contributed by atoms with Crippen LogP contribution in [-0.4, -0.2) is 18.6 Å². The van der Waals surface area contributed by atoms with E-state index in [9.17, 15) is 18.0 Å². The van der Waals surface area contributed by atoms with Crippen LogP contribution in [0.1, 0.15) is 12.0 Å². The molecule has 0 radical (unpaired) electrons. The van der Waals surface area contributed by atoms with Gasteiger partial charge in [-0.25, -0.2) is 4.79 Å². The van der Waals surface area contributed by atoms with E-state index in [2.05, 4.69) is 5.32 Å². The second-order valence-corrected chi connectivity index (χ2v) is 3.76. The van der Waals surface area contributed by atoms with E-state index < -0.39 is 17.8 Å². The molecule has 0 bridgehead atoms. The number of benzene rings is 1. The zero-order valence-corrected chi connectivity index (χ0v) is 10.0. The Balaban J connectivity index is 2.51. The van der Waals surface area contributed by atoms with Gasteiger partial charge in [0.1, 0.15) is 0 Å². The Labute approximate surface area is 107 Å². The third-order valence-electron chi connectivity index (χ3n) is 1.97. The lowest BCUT2D eigenvalue weighted by Crippen LogP contribution is -2.14. The highest BCUT2D eigenvalue weighted by Crippen LogP contribution is 2.29. The summed E-state index contributed by atoms with van der Waals surface area (Å²) in [4.78, 5) is 11.2. The van der Waals surface area contributed by atoms with Crippen LogP contribution in [0, 0.1) is 0 Å². The van der Waals surface area contributed by atoms with Gasteiger partial charge in [-0.05, 0) is 30.7 Å². The van der Waals surface area contributed by atoms with Crippen LogP contribution >= 0.6 is 11.6 Å². The summed E-state index contributed by atoms with van der Waals surface area (Å²) in [5.74, 6) is 0.369. The monoisotopic (exact) mass is 281 g/mol. The molecule has 0 aliphatic heterocycles. The molecule has 1 aromatic carbocycles. The smallest absolute Gasteiger partial charge is 0.416 e. The van der Waals surface area contributed by atoms with Gasteiger partial charge in [0.2, 0.25) is 0 Å². The summed E-state index contributed by atoms with van der Waals surface area (Å²) in [7, 11) is 0. The lowest BCUT2D eigenvalue weighted by Gasteiger charge is -2.09. The van der Waals surface area contributed by atoms with Gasteiger partial charge in [-0.1, -0.05) is 0 Å². The number of nitrogens with one attached hydrogen (secondary N) is 1. The highest BCUT2D eigenvalue weighted by Gasteiger charge is 2.29. The van der Waals surface area contributed by atoms with Crippen molar-refractivity contribution in [2.24, 2.45) is 0 Å². The van der Waals surface area contributed by atoms with Crippen molar-refractivity contribution >= 4 is 23.4 Å². The summed E-state index contributed by atoms with van der Waals surface area (Å²) in [6, 6.07) is 4.08. The maximum Gasteiger partial charge on any atom is 0.416 e. The summed E-state index contributed by atoms with van der Waals surface area (Å²) >= 11 is 5.39. The number of halogens is 4. The fraction of sp³-hybridized carbons (Fsp3) is 0.364. The lowest BCUT2D eigenvalue weighted by molar-refractivity contribution is -0.137. The van der Waals surface area contributed by atoms with Gasteiger partial charge in [0.15, 0.2) is 0 Å². The van der Waals surface area contributed by atoms with Gasteiger partial charge >= 0.3 is 12.3 Å². The minimum Gasteiger partial charge on any atom is -0.449 e. The molecular formula is C11H11ClF3NO2. The van der Waals surface area contributed by atoms with E-state index in [-0.39, 0.29) is 12.3 Å². The van der Waals surface area contributed by atoms with Crippen LogP contribution < -0.4 is 5.32 Å². The first kappa shape index (κ1) is 14.6. The molecule has 0 saturated heterocycles. The first-order chi connectivity index (χ1) is 8.43. The first-order valence-corrected chi connectivity index (χ1v) is 5.64. The van der Waals surface area contributed by atoms with Gasteiger partial charge in [-0.2, -0.15) is 13.2 Å². The summed E-state index contributed by atoms with van der Waals surface area (Å²) < 4.78 is 41.5. The number of hydrogen-bond donors (Lipinski definition) is 1. The van der Waals surface area contributed by atoms with E-state index in [4.69, 9.17) is 16.3 Å². The third-order valence-corrected chi connectivity index (χ3v) is 2.24. The van der Waals surface area contributed by atoms with Crippen molar-refractivity contribution in [3.8, 4) is 0 Å². The van der Waals surface area contributed by atoms with Crippen LogP contribution in [-0.2, 0) is 10.9 Å². The maximum absolute atomic E-state index is 12.3. The van der Waals surface area contributed by atoms with Crippen LogP contribution in [0.2, 0.25) is 0 Å². The summed E-state index contributed by atoms with van der Waals surface area (Å²) in [5.41, 5.74) is -0.539. The molecule has 1 aromatic rings. The second-order valence-electron chi connectivity index (χ2n) is 3.38. The van der Waals surface area contributed by atoms with E-state index in [1.165, 1.54) is 0 Å². The van der Waals surface area contributed by atoms with Crippen LogP contribution in [0.3, 0.4) is 0 Å². The summed E-state index contributed by atoms with van der Waals surface area (Å²) in [5, 5.41) is 2.31. The number of ether oxygens (including phenoxy) is 1. The Hall–Kier alpha value is -1.43. The average Bonchev–Trinajstić information content (AvgIpc) is 2.29. The summed E-state index contributed by atoms with van der Waals surface area (Å²) in [6.07, 6.45) is -4.60. The van der Waals surface area contributed by atoms with Gasteiger partial charge in [0.25, 0.3) is 0 Å². The lowest BCUT2D eigenvalue weighted by atomic mass is 10.2. The number of alkyl halides is 4. The van der Waals surface area contributed by atoms with Gasteiger partial charge in [-0.3, -0.25) is 5.32 Å². The molecule has 1 amide bonds. The Kier molecular flexibility index (Phi) is 5.27. The largest absolute Gasteiger partial charge is 0.449 e. The van der Waals surface area contributed by atoms with Gasteiger partial charge in [-0.15, -0.1) is 11.6 Å². The maximum atomic E-state index is 12.3. The highest BCUT2D eigenvalue weighted by molar-refractivity contribution is 6.17. The number of rotatable bonds is 4. The van der Waals surface area contributed by atoms with Crippen molar-refractivity contribution in [2.75, 3.05) is 17.8 Å². The van der Waals surface area contributed by atoms with Gasteiger partial charge in [0, 0.05) is 11.6 Å². The third kappa shape index (κ3) is 4.83. The fourth-order valence-corrected chi connectivity index (χ4v) is 1.23. The van der Waals surface area contributed by atoms with Gasteiger partial charge in [0.05, 0.1) is 12.2 Å². The van der Waals surface area contributed by atoms with Crippen molar-refractivity contribution < 1.29 is 22.7 Å². The predicted octanol–water partition coefficient (Wildman–Crippen LogP) is 3.88. The zero-order chi connectivity index (χ0) is 13.6. The molecule has 0 aliphatic rings. The number of carbonyl (C=O) groups excluding carboxylic acids is 1. The molecule has 18 heavy (non-hydrogen) atoms. The standard InChI is InChI=1S/C11H11ClF3NO2/c12-6-1-7-18-10(17)16-9-4-2-8(3-5-9)11(13,14)15/h2-5H,1,6-7H2,(H,16,17). The van der Waals surface area contributed by atoms with Crippen LogP contribution in [0.25, 0.3) is 0 Å². The van der Waals surface area contributed by atoms with E-state index >= 15 is 0 Å². The zero-order valence-electron chi connectivity index (χ0n) is 9.26. The van der Waals surface area contributed by atoms with Crippen LogP contribution in [0.5, 0.6) is 0 Å². The number of hydrogen-bond acceptors (Lipinski definition) is 2. The van der Waals surface area contributed by atoms with E-state index in [1.807, 2.05) is 0 Å². The molecule has 1 N–H and O–H groups in total. The van der Waals surface area contributed by atoms with Crippen molar-refractivity contribution in [2.45, 2.75) is 12.6 Å². The van der Waals surface area contributed by atoms with E-state index in [0.29, 0.717) is 12.3 Å². The van der Waals surface area contributed by atoms with E-state index in [1.54, 1.807) is 0 Å². The minimum absolute atomic E-state index is 0.163. The Morgan fingerprint density at radius 2 is 1.89 bits per heavy atom. The van der Waals surface area contributed by atoms with Crippen LogP contribution in [0.4, 0.5) is 23.7 Å². The Morgan fingerprint density at radius 3 is 2.39 bits per heavy atom. The molecule has 0 heterocycles. The number of amides is 1. The quantitative estimate of drug-likeness (QED) is 0.672. The summed E-state index contributed by atoms with van der Waals surface area (Å²) in [6.45, 7) is 0.163. The molecule has 0 atom stereocenters. The number of carbonyl (C=O) groups is 1. The number of anilines is 1. The topological polar surface area (TPSA) is 38.3 Å². The molecule has 0 aliphatic carbocycles.